The highest BCUT2D eigenvalue weighted by atomic mass is 16.2. The third-order valence-corrected chi connectivity index (χ3v) is 3.50. The Hall–Kier alpha value is -3.56. The van der Waals surface area contributed by atoms with E-state index in [0.717, 1.165) is 4.68 Å². The van der Waals surface area contributed by atoms with Gasteiger partial charge in [-0.1, -0.05) is 11.3 Å². The van der Waals surface area contributed by atoms with E-state index in [1.54, 1.807) is 18.2 Å². The Morgan fingerprint density at radius 2 is 2.17 bits per heavy atom. The second kappa shape index (κ2) is 4.47. The van der Waals surface area contributed by atoms with Crippen LogP contribution in [-0.2, 0) is 7.05 Å². The summed E-state index contributed by atoms with van der Waals surface area (Å²) in [7, 11) is 1.49. The fourth-order valence-corrected chi connectivity index (χ4v) is 2.39. The van der Waals surface area contributed by atoms with E-state index in [0.29, 0.717) is 28.1 Å². The van der Waals surface area contributed by atoms with Crippen LogP contribution in [0, 0.1) is 0 Å². The van der Waals surface area contributed by atoms with Gasteiger partial charge in [0.1, 0.15) is 11.8 Å². The Bertz CT molecular complexity index is 1140. The predicted molar refractivity (Wildman–Crippen MR) is 79.6 cm³/mol. The van der Waals surface area contributed by atoms with Gasteiger partial charge in [0.2, 0.25) is 0 Å². The van der Waals surface area contributed by atoms with Crippen LogP contribution in [-0.4, -0.2) is 40.3 Å². The molecule has 10 nitrogen and oxygen atoms in total. The number of hydrogen-bond donors (Lipinski definition) is 2. The van der Waals surface area contributed by atoms with Crippen LogP contribution in [0.5, 0.6) is 0 Å². The highest BCUT2D eigenvalue weighted by Crippen LogP contribution is 2.23. The van der Waals surface area contributed by atoms with Crippen LogP contribution in [0.1, 0.15) is 10.4 Å². The molecule has 0 bridgehead atoms. The van der Waals surface area contributed by atoms with Gasteiger partial charge in [-0.15, -0.1) is 5.10 Å². The van der Waals surface area contributed by atoms with Gasteiger partial charge in [0.25, 0.3) is 5.91 Å². The lowest BCUT2D eigenvalue weighted by atomic mass is 10.2. The van der Waals surface area contributed by atoms with Crippen molar-refractivity contribution in [2.24, 2.45) is 12.8 Å². The molecule has 1 aromatic carbocycles. The number of benzene rings is 1. The summed E-state index contributed by atoms with van der Waals surface area (Å²) in [5.41, 5.74) is 6.99. The van der Waals surface area contributed by atoms with Crippen LogP contribution in [0.25, 0.3) is 28.2 Å². The largest absolute Gasteiger partial charge is 0.366 e. The molecule has 114 valence electrons. The second-order valence-electron chi connectivity index (χ2n) is 4.93. The van der Waals surface area contributed by atoms with Gasteiger partial charge in [-0.3, -0.25) is 4.79 Å². The average Bonchev–Trinajstić information content (AvgIpc) is 3.13. The molecule has 4 aromatic rings. The standard InChI is InChI=1S/C13H10N8O2/c1-20-13(23)21-5-15-9(12(21)18-19-20)11-16-7-4-2-3-6(10(14)22)8(7)17-11/h2-5H,1H3,(H2,14,22)(H,16,17). The van der Waals surface area contributed by atoms with E-state index >= 15 is 0 Å². The van der Waals surface area contributed by atoms with Gasteiger partial charge in [0, 0.05) is 7.05 Å². The number of carbonyl (C=O) groups excluding carboxylic acids is 1. The first-order valence-corrected chi connectivity index (χ1v) is 6.62. The number of nitrogens with two attached hydrogens (primary N) is 1. The summed E-state index contributed by atoms with van der Waals surface area (Å²) in [6.45, 7) is 0. The monoisotopic (exact) mass is 310 g/mol. The number of aromatic amines is 1. The lowest BCUT2D eigenvalue weighted by Crippen LogP contribution is -2.26. The minimum absolute atomic E-state index is 0.271. The minimum atomic E-state index is -0.572. The number of imidazole rings is 2. The molecule has 0 atom stereocenters. The highest BCUT2D eigenvalue weighted by Gasteiger charge is 2.17. The normalized spacial score (nSPS) is 11.3. The van der Waals surface area contributed by atoms with Gasteiger partial charge in [0.05, 0.1) is 11.1 Å². The van der Waals surface area contributed by atoms with Gasteiger partial charge < -0.3 is 10.7 Å². The molecule has 10 heteroatoms. The van der Waals surface area contributed by atoms with Crippen LogP contribution in [0.4, 0.5) is 0 Å². The number of primary amides is 1. The van der Waals surface area contributed by atoms with Crippen molar-refractivity contribution in [2.75, 3.05) is 0 Å². The molecule has 0 saturated heterocycles. The zero-order chi connectivity index (χ0) is 16.1. The number of rotatable bonds is 2. The molecule has 0 spiro atoms. The van der Waals surface area contributed by atoms with Crippen molar-refractivity contribution >= 4 is 22.6 Å². The fraction of sp³-hybridized carbons (Fsp3) is 0.0769. The molecule has 0 aliphatic carbocycles. The molecule has 3 heterocycles. The summed E-state index contributed by atoms with van der Waals surface area (Å²) in [4.78, 5) is 35.1. The molecule has 4 rings (SSSR count). The van der Waals surface area contributed by atoms with Crippen molar-refractivity contribution < 1.29 is 4.79 Å². The number of carbonyl (C=O) groups is 1. The molecular weight excluding hydrogens is 300 g/mol. The van der Waals surface area contributed by atoms with Crippen molar-refractivity contribution in [3.05, 3.63) is 40.6 Å². The summed E-state index contributed by atoms with van der Waals surface area (Å²) in [6, 6.07) is 5.06. The van der Waals surface area contributed by atoms with Crippen molar-refractivity contribution in [1.82, 2.24) is 34.3 Å². The maximum absolute atomic E-state index is 12.0. The van der Waals surface area contributed by atoms with E-state index in [1.807, 2.05) is 0 Å². The summed E-state index contributed by atoms with van der Waals surface area (Å²) in [6.07, 6.45) is 1.35. The van der Waals surface area contributed by atoms with Gasteiger partial charge in [0.15, 0.2) is 17.2 Å². The van der Waals surface area contributed by atoms with Crippen LogP contribution in [0.2, 0.25) is 0 Å². The first kappa shape index (κ1) is 13.1. The highest BCUT2D eigenvalue weighted by molar-refractivity contribution is 6.04. The van der Waals surface area contributed by atoms with Gasteiger partial charge in [-0.25, -0.2) is 19.2 Å². The van der Waals surface area contributed by atoms with E-state index < -0.39 is 5.91 Å². The SMILES string of the molecule is Cn1nnc2c(-c3nc4c(C(N)=O)cccc4[nH]3)ncn2c1=O. The Kier molecular flexibility index (Phi) is 2.55. The Labute approximate surface area is 127 Å². The Morgan fingerprint density at radius 1 is 1.35 bits per heavy atom. The summed E-state index contributed by atoms with van der Waals surface area (Å²) < 4.78 is 2.37. The number of nitrogens with zero attached hydrogens (tertiary/aromatic N) is 6. The number of fused-ring (bicyclic) bond motifs is 2. The predicted octanol–water partition coefficient (Wildman–Crippen LogP) is -0.535. The average molecular weight is 310 g/mol. The second-order valence-corrected chi connectivity index (χ2v) is 4.93. The van der Waals surface area contributed by atoms with E-state index in [4.69, 9.17) is 5.73 Å². The van der Waals surface area contributed by atoms with E-state index in [9.17, 15) is 9.59 Å². The Balaban J connectivity index is 2.00. The van der Waals surface area contributed by atoms with Gasteiger partial charge in [-0.05, 0) is 12.1 Å². The number of hydrogen-bond acceptors (Lipinski definition) is 6. The van der Waals surface area contributed by atoms with Crippen molar-refractivity contribution in [3.63, 3.8) is 0 Å². The lowest BCUT2D eigenvalue weighted by molar-refractivity contribution is 0.100. The topological polar surface area (TPSA) is 137 Å². The third-order valence-electron chi connectivity index (χ3n) is 3.50. The Morgan fingerprint density at radius 3 is 2.96 bits per heavy atom. The maximum atomic E-state index is 12.0. The maximum Gasteiger partial charge on any atom is 0.352 e. The number of aryl methyl sites for hydroxylation is 1. The molecule has 23 heavy (non-hydrogen) atoms. The molecule has 0 fully saturated rings. The number of aromatic nitrogens is 7. The molecule has 0 aliphatic heterocycles. The molecule has 0 radical (unpaired) electrons. The smallest absolute Gasteiger partial charge is 0.352 e. The lowest BCUT2D eigenvalue weighted by Gasteiger charge is -1.96. The number of nitrogens with one attached hydrogen (secondary N) is 1. The number of amides is 1. The van der Waals surface area contributed by atoms with Crippen molar-refractivity contribution in [3.8, 4) is 11.5 Å². The molecule has 1 amide bonds. The number of H-pyrrole nitrogens is 1. The molecule has 0 unspecified atom stereocenters. The van der Waals surface area contributed by atoms with Crippen molar-refractivity contribution in [1.29, 1.82) is 0 Å². The summed E-state index contributed by atoms with van der Waals surface area (Å²) in [5.74, 6) is -0.198. The van der Waals surface area contributed by atoms with E-state index in [-0.39, 0.29) is 11.3 Å². The van der Waals surface area contributed by atoms with Gasteiger partial charge >= 0.3 is 5.69 Å². The van der Waals surface area contributed by atoms with E-state index in [2.05, 4.69) is 25.3 Å². The molecular formula is C13H10N8O2. The van der Waals surface area contributed by atoms with Crippen LogP contribution >= 0.6 is 0 Å². The number of para-hydroxylation sites is 1. The molecule has 3 N–H and O–H groups in total. The van der Waals surface area contributed by atoms with Gasteiger partial charge in [-0.2, -0.15) is 4.68 Å². The molecule has 3 aromatic heterocycles. The van der Waals surface area contributed by atoms with Crippen LogP contribution in [0.15, 0.2) is 29.3 Å². The van der Waals surface area contributed by atoms with Crippen molar-refractivity contribution in [2.45, 2.75) is 0 Å². The minimum Gasteiger partial charge on any atom is -0.366 e. The zero-order valence-electron chi connectivity index (χ0n) is 11.9. The third kappa shape index (κ3) is 1.81. The van der Waals surface area contributed by atoms with Crippen LogP contribution < -0.4 is 11.4 Å². The first-order chi connectivity index (χ1) is 11.1. The fourth-order valence-electron chi connectivity index (χ4n) is 2.39. The summed E-state index contributed by atoms with van der Waals surface area (Å²) in [5, 5.41) is 7.71. The van der Waals surface area contributed by atoms with E-state index in [1.165, 1.54) is 17.8 Å². The van der Waals surface area contributed by atoms with Crippen LogP contribution in [0.3, 0.4) is 0 Å². The molecule has 0 saturated carbocycles. The molecule has 0 aliphatic rings. The quantitative estimate of drug-likeness (QED) is 0.510. The summed E-state index contributed by atoms with van der Waals surface area (Å²) >= 11 is 0. The zero-order valence-corrected chi connectivity index (χ0v) is 11.9. The first-order valence-electron chi connectivity index (χ1n) is 6.62.